The molecule has 0 saturated carbocycles. The molecule has 116 valence electrons. The van der Waals surface area contributed by atoms with Crippen molar-refractivity contribution >= 4 is 6.09 Å². The lowest BCUT2D eigenvalue weighted by Gasteiger charge is -2.36. The summed E-state index contributed by atoms with van der Waals surface area (Å²) in [6.45, 7) is 3.37. The summed E-state index contributed by atoms with van der Waals surface area (Å²) in [6, 6.07) is 0. The number of likely N-dealkylation sites (N-methyl/N-ethyl adjacent to an activating group) is 1. The van der Waals surface area contributed by atoms with E-state index in [0.29, 0.717) is 31.4 Å². The van der Waals surface area contributed by atoms with Gasteiger partial charge < -0.3 is 18.9 Å². The van der Waals surface area contributed by atoms with Gasteiger partial charge in [-0.2, -0.15) is 4.98 Å². The summed E-state index contributed by atoms with van der Waals surface area (Å²) < 4.78 is 15.6. The Balaban J connectivity index is 1.53. The summed E-state index contributed by atoms with van der Waals surface area (Å²) in [5.41, 5.74) is -0.305. The Hall–Kier alpha value is -1.67. The first-order valence-electron chi connectivity index (χ1n) is 7.07. The maximum Gasteiger partial charge on any atom is 0.410 e. The molecule has 0 N–H and O–H groups in total. The molecule has 3 heterocycles. The van der Waals surface area contributed by atoms with Gasteiger partial charge in [0.05, 0.1) is 13.1 Å². The number of carbonyl (C=O) groups is 1. The van der Waals surface area contributed by atoms with E-state index in [9.17, 15) is 4.79 Å². The predicted molar refractivity (Wildman–Crippen MR) is 71.4 cm³/mol. The van der Waals surface area contributed by atoms with Crippen LogP contribution in [0.25, 0.3) is 0 Å². The zero-order chi connectivity index (χ0) is 14.9. The number of likely N-dealkylation sites (tertiary alicyclic amines) is 1. The fraction of sp³-hybridized carbons (Fsp3) is 0.769. The molecule has 1 aromatic rings. The number of methoxy groups -OCH3 is 1. The fourth-order valence-corrected chi connectivity index (χ4v) is 2.91. The third-order valence-electron chi connectivity index (χ3n) is 4.05. The van der Waals surface area contributed by atoms with Gasteiger partial charge in [0.25, 0.3) is 5.89 Å². The Kier molecular flexibility index (Phi) is 3.81. The van der Waals surface area contributed by atoms with Crippen molar-refractivity contribution in [2.24, 2.45) is 0 Å². The second-order valence-electron chi connectivity index (χ2n) is 5.72. The van der Waals surface area contributed by atoms with E-state index in [2.05, 4.69) is 15.0 Å². The van der Waals surface area contributed by atoms with Crippen molar-refractivity contribution in [2.75, 3.05) is 33.8 Å². The third-order valence-corrected chi connectivity index (χ3v) is 4.05. The number of piperidine rings is 1. The molecule has 0 bridgehead atoms. The van der Waals surface area contributed by atoms with Gasteiger partial charge in [-0.1, -0.05) is 5.16 Å². The van der Waals surface area contributed by atoms with Gasteiger partial charge in [0.2, 0.25) is 0 Å². The average molecular weight is 296 g/mol. The van der Waals surface area contributed by atoms with Gasteiger partial charge in [0.15, 0.2) is 5.82 Å². The second kappa shape index (κ2) is 5.61. The van der Waals surface area contributed by atoms with Crippen molar-refractivity contribution in [3.05, 3.63) is 11.7 Å². The van der Waals surface area contributed by atoms with Crippen LogP contribution < -0.4 is 0 Å². The van der Waals surface area contributed by atoms with Crippen molar-refractivity contribution in [3.8, 4) is 0 Å². The molecule has 0 radical (unpaired) electrons. The van der Waals surface area contributed by atoms with Crippen LogP contribution in [0.5, 0.6) is 0 Å². The Labute approximate surface area is 123 Å². The van der Waals surface area contributed by atoms with Crippen molar-refractivity contribution in [1.82, 2.24) is 19.9 Å². The Morgan fingerprint density at radius 3 is 2.76 bits per heavy atom. The van der Waals surface area contributed by atoms with Gasteiger partial charge in [0.1, 0.15) is 12.2 Å². The molecule has 2 aliphatic heterocycles. The Morgan fingerprint density at radius 2 is 2.14 bits per heavy atom. The van der Waals surface area contributed by atoms with E-state index in [-0.39, 0.29) is 11.7 Å². The summed E-state index contributed by atoms with van der Waals surface area (Å²) in [5.74, 6) is 1.16. The molecular weight excluding hydrogens is 276 g/mol. The summed E-state index contributed by atoms with van der Waals surface area (Å²) in [4.78, 5) is 19.7. The smallest absolute Gasteiger partial charge is 0.410 e. The highest BCUT2D eigenvalue weighted by Gasteiger charge is 2.45. The number of aromatic nitrogens is 2. The van der Waals surface area contributed by atoms with Gasteiger partial charge in [-0.05, 0) is 0 Å². The first kappa shape index (κ1) is 14.3. The van der Waals surface area contributed by atoms with Crippen LogP contribution in [0, 0.1) is 0 Å². The quantitative estimate of drug-likeness (QED) is 0.806. The molecule has 8 heteroatoms. The van der Waals surface area contributed by atoms with Crippen molar-refractivity contribution < 1.29 is 18.8 Å². The molecule has 0 unspecified atom stereocenters. The lowest BCUT2D eigenvalue weighted by Crippen LogP contribution is -2.46. The standard InChI is InChI=1S/C13H20N4O4/c1-16-9-13(20-12(16)18)3-5-17(6-4-13)7-10-14-11(8-19-2)21-15-10/h3-9H2,1-2H3. The minimum Gasteiger partial charge on any atom is -0.441 e. The molecule has 1 aromatic heterocycles. The minimum atomic E-state index is -0.305. The Morgan fingerprint density at radius 1 is 1.38 bits per heavy atom. The molecule has 8 nitrogen and oxygen atoms in total. The zero-order valence-corrected chi connectivity index (χ0v) is 12.4. The largest absolute Gasteiger partial charge is 0.441 e. The van der Waals surface area contributed by atoms with E-state index in [4.69, 9.17) is 14.0 Å². The van der Waals surface area contributed by atoms with Crippen molar-refractivity contribution in [2.45, 2.75) is 31.6 Å². The topological polar surface area (TPSA) is 80.9 Å². The normalized spacial score (nSPS) is 22.0. The number of ether oxygens (including phenoxy) is 2. The molecule has 0 aromatic carbocycles. The van der Waals surface area contributed by atoms with Gasteiger partial charge in [-0.3, -0.25) is 4.90 Å². The van der Waals surface area contributed by atoms with Crippen LogP contribution in [0.15, 0.2) is 4.52 Å². The molecule has 1 spiro atoms. The van der Waals surface area contributed by atoms with Crippen LogP contribution in [0.4, 0.5) is 4.79 Å². The monoisotopic (exact) mass is 296 g/mol. The molecule has 21 heavy (non-hydrogen) atoms. The summed E-state index contributed by atoms with van der Waals surface area (Å²) in [7, 11) is 3.37. The molecular formula is C13H20N4O4. The van der Waals surface area contributed by atoms with Crippen LogP contribution in [-0.4, -0.2) is 65.4 Å². The zero-order valence-electron chi connectivity index (χ0n) is 12.4. The van der Waals surface area contributed by atoms with E-state index >= 15 is 0 Å². The minimum absolute atomic E-state index is 0.217. The highest BCUT2D eigenvalue weighted by atomic mass is 16.6. The first-order valence-corrected chi connectivity index (χ1v) is 7.07. The number of hydrogen-bond acceptors (Lipinski definition) is 7. The lowest BCUT2D eigenvalue weighted by molar-refractivity contribution is -0.00186. The van der Waals surface area contributed by atoms with Gasteiger partial charge in [-0.25, -0.2) is 4.79 Å². The molecule has 1 amide bonds. The summed E-state index contributed by atoms with van der Waals surface area (Å²) >= 11 is 0. The number of nitrogens with zero attached hydrogens (tertiary/aromatic N) is 4. The van der Waals surface area contributed by atoms with E-state index in [1.165, 1.54) is 0 Å². The van der Waals surface area contributed by atoms with Crippen molar-refractivity contribution in [3.63, 3.8) is 0 Å². The molecule has 2 saturated heterocycles. The van der Waals surface area contributed by atoms with E-state index < -0.39 is 0 Å². The van der Waals surface area contributed by atoms with Gasteiger partial charge in [0, 0.05) is 40.1 Å². The number of amides is 1. The Bertz CT molecular complexity index is 510. The average Bonchev–Trinajstić information content (AvgIpc) is 2.99. The molecule has 3 rings (SSSR count). The highest BCUT2D eigenvalue weighted by Crippen LogP contribution is 2.32. The molecule has 0 atom stereocenters. The number of carbonyl (C=O) groups excluding carboxylic acids is 1. The molecule has 0 aliphatic carbocycles. The lowest BCUT2D eigenvalue weighted by atomic mass is 9.91. The summed E-state index contributed by atoms with van der Waals surface area (Å²) in [5, 5.41) is 3.94. The van der Waals surface area contributed by atoms with Crippen LogP contribution in [-0.2, 0) is 22.6 Å². The fourth-order valence-electron chi connectivity index (χ4n) is 2.91. The predicted octanol–water partition coefficient (Wildman–Crippen LogP) is 0.633. The van der Waals surface area contributed by atoms with E-state index in [1.54, 1.807) is 19.1 Å². The van der Waals surface area contributed by atoms with E-state index in [1.807, 2.05) is 0 Å². The maximum atomic E-state index is 11.5. The molecule has 2 fully saturated rings. The number of rotatable bonds is 4. The van der Waals surface area contributed by atoms with E-state index in [0.717, 1.165) is 25.9 Å². The van der Waals surface area contributed by atoms with Gasteiger partial charge >= 0.3 is 6.09 Å². The van der Waals surface area contributed by atoms with Crippen LogP contribution in [0.2, 0.25) is 0 Å². The van der Waals surface area contributed by atoms with Crippen molar-refractivity contribution in [1.29, 1.82) is 0 Å². The van der Waals surface area contributed by atoms with Gasteiger partial charge in [-0.15, -0.1) is 0 Å². The highest BCUT2D eigenvalue weighted by molar-refractivity contribution is 5.70. The first-order chi connectivity index (χ1) is 10.1. The summed E-state index contributed by atoms with van der Waals surface area (Å²) in [6.07, 6.45) is 1.46. The maximum absolute atomic E-state index is 11.5. The number of hydrogen-bond donors (Lipinski definition) is 0. The van der Waals surface area contributed by atoms with Crippen LogP contribution in [0.3, 0.4) is 0 Å². The van der Waals surface area contributed by atoms with Crippen LogP contribution in [0.1, 0.15) is 24.6 Å². The second-order valence-corrected chi connectivity index (χ2v) is 5.72. The molecule has 2 aliphatic rings. The SMILES string of the molecule is COCc1nc(CN2CCC3(CC2)CN(C)C(=O)O3)no1. The van der Waals surface area contributed by atoms with Crippen LogP contribution >= 0.6 is 0 Å². The third kappa shape index (κ3) is 3.01.